The molecule has 0 aliphatic heterocycles. The summed E-state index contributed by atoms with van der Waals surface area (Å²) in [4.78, 5) is 11.3. The Balaban J connectivity index is 2.70. The van der Waals surface area contributed by atoms with Gasteiger partial charge in [0.15, 0.2) is 0 Å². The quantitative estimate of drug-likeness (QED) is 0.906. The number of carbonyl (C=O) groups is 1. The molecular weight excluding hydrogens is 327 g/mol. The monoisotopic (exact) mass is 337 g/mol. The number of carboxylic acids is 1. The van der Waals surface area contributed by atoms with Crippen molar-refractivity contribution in [1.82, 2.24) is 4.57 Å². The predicted molar refractivity (Wildman–Crippen MR) is 72.5 cm³/mol. The van der Waals surface area contributed by atoms with Gasteiger partial charge in [0.1, 0.15) is 5.75 Å². The number of alkyl halides is 3. The van der Waals surface area contributed by atoms with Crippen LogP contribution in [0.4, 0.5) is 13.2 Å². The molecule has 0 amide bonds. The van der Waals surface area contributed by atoms with Gasteiger partial charge in [-0.05, 0) is 12.1 Å². The van der Waals surface area contributed by atoms with Gasteiger partial charge in [-0.15, -0.1) is 13.2 Å². The van der Waals surface area contributed by atoms with Gasteiger partial charge >= 0.3 is 12.3 Å². The number of hydrogen-bond donors (Lipinski definition) is 1. The molecule has 0 saturated heterocycles. The van der Waals surface area contributed by atoms with Crippen LogP contribution in [0, 0.1) is 0 Å². The predicted octanol–water partition coefficient (Wildman–Crippen LogP) is 3.54. The molecule has 22 heavy (non-hydrogen) atoms. The van der Waals surface area contributed by atoms with Gasteiger partial charge in [-0.1, -0.05) is 11.6 Å². The smallest absolute Gasteiger partial charge is 0.478 e. The lowest BCUT2D eigenvalue weighted by atomic mass is 10.1. The average molecular weight is 338 g/mol. The zero-order valence-corrected chi connectivity index (χ0v) is 12.0. The van der Waals surface area contributed by atoms with Crippen molar-refractivity contribution in [3.05, 3.63) is 28.9 Å². The highest BCUT2D eigenvalue weighted by molar-refractivity contribution is 6.36. The van der Waals surface area contributed by atoms with E-state index in [4.69, 9.17) is 16.3 Å². The Morgan fingerprint density at radius 2 is 2.09 bits per heavy atom. The van der Waals surface area contributed by atoms with Crippen LogP contribution in [0.3, 0.4) is 0 Å². The molecule has 0 aliphatic carbocycles. The lowest BCUT2D eigenvalue weighted by Crippen LogP contribution is -2.17. The molecule has 0 aliphatic rings. The number of hydrogen-bond acceptors (Lipinski definition) is 3. The Labute approximate surface area is 127 Å². The summed E-state index contributed by atoms with van der Waals surface area (Å²) >= 11 is 6.01. The molecule has 120 valence electrons. The topological polar surface area (TPSA) is 60.7 Å². The van der Waals surface area contributed by atoms with Gasteiger partial charge in [-0.25, -0.2) is 4.79 Å². The van der Waals surface area contributed by atoms with E-state index in [1.165, 1.54) is 23.9 Å². The van der Waals surface area contributed by atoms with Crippen molar-refractivity contribution in [2.24, 2.45) is 0 Å². The Hall–Kier alpha value is -1.93. The third kappa shape index (κ3) is 3.28. The molecule has 1 heterocycles. The summed E-state index contributed by atoms with van der Waals surface area (Å²) in [5.74, 6) is -1.99. The molecule has 2 rings (SSSR count). The summed E-state index contributed by atoms with van der Waals surface area (Å²) in [5.41, 5.74) is -0.175. The number of aromatic nitrogens is 1. The second-order valence-corrected chi connectivity index (χ2v) is 4.76. The SMILES string of the molecule is COCCn1cc(C(=O)O)c2c(OC(F)(F)F)ccc(Cl)c21. The molecule has 0 fully saturated rings. The van der Waals surface area contributed by atoms with Crippen molar-refractivity contribution in [3.63, 3.8) is 0 Å². The second kappa shape index (κ2) is 6.05. The van der Waals surface area contributed by atoms with E-state index in [-0.39, 0.29) is 34.6 Å². The molecule has 0 bridgehead atoms. The van der Waals surface area contributed by atoms with Crippen molar-refractivity contribution < 1.29 is 32.5 Å². The van der Waals surface area contributed by atoms with Gasteiger partial charge in [0.25, 0.3) is 0 Å². The first-order chi connectivity index (χ1) is 10.2. The third-order valence-corrected chi connectivity index (χ3v) is 3.23. The van der Waals surface area contributed by atoms with E-state index in [2.05, 4.69) is 4.74 Å². The van der Waals surface area contributed by atoms with Gasteiger partial charge in [0.2, 0.25) is 0 Å². The zero-order chi connectivity index (χ0) is 16.5. The molecule has 1 aromatic heterocycles. The van der Waals surface area contributed by atoms with E-state index in [1.54, 1.807) is 0 Å². The normalized spacial score (nSPS) is 11.9. The van der Waals surface area contributed by atoms with E-state index >= 15 is 0 Å². The largest absolute Gasteiger partial charge is 0.573 e. The number of benzene rings is 1. The summed E-state index contributed by atoms with van der Waals surface area (Å²) in [6, 6.07) is 2.21. The number of nitrogens with zero attached hydrogens (tertiary/aromatic N) is 1. The van der Waals surface area contributed by atoms with Gasteiger partial charge in [0, 0.05) is 19.9 Å². The molecule has 1 N–H and O–H groups in total. The molecule has 0 saturated carbocycles. The molecule has 0 unspecified atom stereocenters. The van der Waals surface area contributed by atoms with E-state index in [0.29, 0.717) is 0 Å². The lowest BCUT2D eigenvalue weighted by Gasteiger charge is -2.12. The number of aromatic carboxylic acids is 1. The number of methoxy groups -OCH3 is 1. The summed E-state index contributed by atoms with van der Waals surface area (Å²) in [6.45, 7) is 0.471. The molecule has 0 radical (unpaired) electrons. The number of fused-ring (bicyclic) bond motifs is 1. The Morgan fingerprint density at radius 3 is 2.64 bits per heavy atom. The maximum Gasteiger partial charge on any atom is 0.573 e. The highest BCUT2D eigenvalue weighted by Gasteiger charge is 2.33. The van der Waals surface area contributed by atoms with Crippen LogP contribution in [0.25, 0.3) is 10.9 Å². The van der Waals surface area contributed by atoms with Gasteiger partial charge < -0.3 is 19.1 Å². The zero-order valence-electron chi connectivity index (χ0n) is 11.3. The maximum absolute atomic E-state index is 12.5. The maximum atomic E-state index is 12.5. The van der Waals surface area contributed by atoms with Crippen molar-refractivity contribution in [2.75, 3.05) is 13.7 Å². The summed E-state index contributed by atoms with van der Waals surface area (Å²) in [6.07, 6.45) is -3.73. The number of halogens is 4. The number of rotatable bonds is 5. The van der Waals surface area contributed by atoms with Crippen molar-refractivity contribution in [2.45, 2.75) is 12.9 Å². The molecule has 0 atom stereocenters. The van der Waals surface area contributed by atoms with Crippen LogP contribution in [0.15, 0.2) is 18.3 Å². The molecule has 0 spiro atoms. The standard InChI is InChI=1S/C13H11ClF3NO4/c1-21-5-4-18-6-7(12(19)20)10-9(22-13(15,16)17)3-2-8(14)11(10)18/h2-3,6H,4-5H2,1H3,(H,19,20). The van der Waals surface area contributed by atoms with Gasteiger partial charge in [-0.3, -0.25) is 0 Å². The minimum absolute atomic E-state index is 0.119. The number of carboxylic acid groups (broad SMARTS) is 1. The van der Waals surface area contributed by atoms with E-state index < -0.39 is 18.1 Å². The summed E-state index contributed by atoms with van der Waals surface area (Å²) in [5, 5.41) is 9.13. The Morgan fingerprint density at radius 1 is 1.41 bits per heavy atom. The molecular formula is C13H11ClF3NO4. The van der Waals surface area contributed by atoms with Crippen LogP contribution in [0.5, 0.6) is 5.75 Å². The molecule has 9 heteroatoms. The van der Waals surface area contributed by atoms with E-state index in [0.717, 1.165) is 6.07 Å². The van der Waals surface area contributed by atoms with Crippen molar-refractivity contribution in [3.8, 4) is 5.75 Å². The first kappa shape index (κ1) is 16.4. The van der Waals surface area contributed by atoms with Crippen LogP contribution < -0.4 is 4.74 Å². The Bertz CT molecular complexity index is 711. The fourth-order valence-corrected chi connectivity index (χ4v) is 2.38. The fourth-order valence-electron chi connectivity index (χ4n) is 2.11. The molecule has 2 aromatic rings. The minimum Gasteiger partial charge on any atom is -0.478 e. The third-order valence-electron chi connectivity index (χ3n) is 2.92. The highest BCUT2D eigenvalue weighted by Crippen LogP contribution is 2.38. The summed E-state index contributed by atoms with van der Waals surface area (Å²) in [7, 11) is 1.45. The van der Waals surface area contributed by atoms with Gasteiger partial charge in [-0.2, -0.15) is 0 Å². The van der Waals surface area contributed by atoms with Crippen molar-refractivity contribution in [1.29, 1.82) is 0 Å². The Kier molecular flexibility index (Phi) is 4.52. The minimum atomic E-state index is -4.94. The molecule has 1 aromatic carbocycles. The molecule has 5 nitrogen and oxygen atoms in total. The average Bonchev–Trinajstić information content (AvgIpc) is 2.79. The van der Waals surface area contributed by atoms with Crippen LogP contribution in [0.2, 0.25) is 5.02 Å². The highest BCUT2D eigenvalue weighted by atomic mass is 35.5. The van der Waals surface area contributed by atoms with Crippen LogP contribution in [-0.2, 0) is 11.3 Å². The fraction of sp³-hybridized carbons (Fsp3) is 0.308. The first-order valence-electron chi connectivity index (χ1n) is 6.04. The van der Waals surface area contributed by atoms with Crippen LogP contribution in [0.1, 0.15) is 10.4 Å². The van der Waals surface area contributed by atoms with Crippen molar-refractivity contribution >= 4 is 28.5 Å². The van der Waals surface area contributed by atoms with E-state index in [1.807, 2.05) is 0 Å². The number of ether oxygens (including phenoxy) is 2. The first-order valence-corrected chi connectivity index (χ1v) is 6.41. The van der Waals surface area contributed by atoms with E-state index in [9.17, 15) is 23.1 Å². The van der Waals surface area contributed by atoms with Crippen LogP contribution >= 0.6 is 11.6 Å². The van der Waals surface area contributed by atoms with Gasteiger partial charge in [0.05, 0.1) is 28.1 Å². The second-order valence-electron chi connectivity index (χ2n) is 4.35. The lowest BCUT2D eigenvalue weighted by molar-refractivity contribution is -0.274. The summed E-state index contributed by atoms with van der Waals surface area (Å²) < 4.78 is 47.7. The van der Waals surface area contributed by atoms with Crippen LogP contribution in [-0.4, -0.2) is 35.7 Å².